The summed E-state index contributed by atoms with van der Waals surface area (Å²) in [5.74, 6) is -0.503. The molecular formula is C19H23N3O5S. The van der Waals surface area contributed by atoms with Crippen molar-refractivity contribution in [3.8, 4) is 0 Å². The largest absolute Gasteiger partial charge is 0.462 e. The van der Waals surface area contributed by atoms with E-state index < -0.39 is 16.0 Å². The maximum Gasteiger partial charge on any atom is 0.338 e. The average Bonchev–Trinajstić information content (AvgIpc) is 2.68. The van der Waals surface area contributed by atoms with E-state index in [1.807, 2.05) is 0 Å². The van der Waals surface area contributed by atoms with Crippen molar-refractivity contribution in [2.24, 2.45) is 0 Å². The highest BCUT2D eigenvalue weighted by atomic mass is 32.2. The second-order valence-electron chi connectivity index (χ2n) is 6.53. The molecule has 9 heteroatoms. The summed E-state index contributed by atoms with van der Waals surface area (Å²) in [6.07, 6.45) is 3.82. The summed E-state index contributed by atoms with van der Waals surface area (Å²) in [7, 11) is -3.76. The van der Waals surface area contributed by atoms with E-state index in [9.17, 15) is 18.0 Å². The summed E-state index contributed by atoms with van der Waals surface area (Å²) in [5.41, 5.74) is 1.97. The number of sulfonamides is 1. The van der Waals surface area contributed by atoms with Gasteiger partial charge in [-0.25, -0.2) is 22.6 Å². The highest BCUT2D eigenvalue weighted by Crippen LogP contribution is 2.17. The minimum absolute atomic E-state index is 0.0336. The van der Waals surface area contributed by atoms with Gasteiger partial charge in [-0.15, -0.1) is 0 Å². The molecule has 0 spiro atoms. The molecule has 1 aliphatic rings. The number of esters is 1. The van der Waals surface area contributed by atoms with Gasteiger partial charge in [-0.3, -0.25) is 4.79 Å². The van der Waals surface area contributed by atoms with E-state index in [1.165, 1.54) is 28.9 Å². The monoisotopic (exact) mass is 405 g/mol. The lowest BCUT2D eigenvalue weighted by atomic mass is 9.97. The second kappa shape index (κ2) is 8.66. The molecule has 0 atom stereocenters. The molecule has 8 nitrogen and oxygen atoms in total. The summed E-state index contributed by atoms with van der Waals surface area (Å²) in [6, 6.07) is 7.10. The van der Waals surface area contributed by atoms with Crippen LogP contribution in [0.25, 0.3) is 0 Å². The number of benzene rings is 1. The van der Waals surface area contributed by atoms with Crippen molar-refractivity contribution in [1.82, 2.24) is 14.5 Å². The predicted octanol–water partition coefficient (Wildman–Crippen LogP) is 1.28. The topological polar surface area (TPSA) is 107 Å². The van der Waals surface area contributed by atoms with Crippen LogP contribution in [-0.4, -0.2) is 37.3 Å². The maximum absolute atomic E-state index is 12.4. The number of nitrogens with zero attached hydrogens (tertiary/aromatic N) is 2. The molecule has 0 fully saturated rings. The van der Waals surface area contributed by atoms with Gasteiger partial charge in [0.25, 0.3) is 5.56 Å². The third-order valence-electron chi connectivity index (χ3n) is 4.57. The number of carbonyl (C=O) groups is 1. The van der Waals surface area contributed by atoms with Crippen LogP contribution in [0.2, 0.25) is 0 Å². The SMILES string of the molecule is CCOC(=O)c1ccc(S(=O)(=O)NCCn2nc3c(cc2=O)CCCC3)cc1. The van der Waals surface area contributed by atoms with Crippen molar-refractivity contribution in [3.05, 3.63) is 57.5 Å². The van der Waals surface area contributed by atoms with Crippen molar-refractivity contribution in [3.63, 3.8) is 0 Å². The van der Waals surface area contributed by atoms with Crippen LogP contribution in [-0.2, 0) is 34.1 Å². The molecule has 1 N–H and O–H groups in total. The van der Waals surface area contributed by atoms with E-state index in [2.05, 4.69) is 9.82 Å². The zero-order valence-electron chi connectivity index (χ0n) is 15.7. The lowest BCUT2D eigenvalue weighted by Gasteiger charge is -2.16. The van der Waals surface area contributed by atoms with Gasteiger partial charge in [-0.2, -0.15) is 5.10 Å². The first-order valence-corrected chi connectivity index (χ1v) is 10.8. The molecular weight excluding hydrogens is 382 g/mol. The van der Waals surface area contributed by atoms with Gasteiger partial charge < -0.3 is 4.74 Å². The molecule has 2 aromatic rings. The number of rotatable bonds is 7. The number of hydrogen-bond donors (Lipinski definition) is 1. The van der Waals surface area contributed by atoms with E-state index in [-0.39, 0.29) is 35.7 Å². The van der Waals surface area contributed by atoms with Gasteiger partial charge in [-0.05, 0) is 62.4 Å². The normalized spacial score (nSPS) is 13.8. The quantitative estimate of drug-likeness (QED) is 0.696. The number of nitrogens with one attached hydrogen (secondary N) is 1. The van der Waals surface area contributed by atoms with Gasteiger partial charge in [0, 0.05) is 12.6 Å². The fourth-order valence-corrected chi connectivity index (χ4v) is 4.14. The lowest BCUT2D eigenvalue weighted by Crippen LogP contribution is -2.33. The summed E-state index contributed by atoms with van der Waals surface area (Å²) >= 11 is 0. The lowest BCUT2D eigenvalue weighted by molar-refractivity contribution is 0.0526. The van der Waals surface area contributed by atoms with Gasteiger partial charge in [0.2, 0.25) is 10.0 Å². The molecule has 0 saturated carbocycles. The van der Waals surface area contributed by atoms with E-state index in [4.69, 9.17) is 4.74 Å². The molecule has 1 aromatic carbocycles. The first-order chi connectivity index (χ1) is 13.4. The molecule has 1 heterocycles. The highest BCUT2D eigenvalue weighted by molar-refractivity contribution is 7.89. The molecule has 28 heavy (non-hydrogen) atoms. The second-order valence-corrected chi connectivity index (χ2v) is 8.29. The molecule has 1 aromatic heterocycles. The van der Waals surface area contributed by atoms with Crippen LogP contribution in [0.4, 0.5) is 0 Å². The molecule has 0 amide bonds. The van der Waals surface area contributed by atoms with Crippen LogP contribution in [0, 0.1) is 0 Å². The fraction of sp³-hybridized carbons (Fsp3) is 0.421. The van der Waals surface area contributed by atoms with Crippen molar-refractivity contribution in [1.29, 1.82) is 0 Å². The minimum Gasteiger partial charge on any atom is -0.462 e. The van der Waals surface area contributed by atoms with Gasteiger partial charge in [-0.1, -0.05) is 0 Å². The zero-order chi connectivity index (χ0) is 20.1. The Morgan fingerprint density at radius 1 is 1.21 bits per heavy atom. The standard InChI is InChI=1S/C19H23N3O5S/c1-2-27-19(24)14-7-9-16(10-8-14)28(25,26)20-11-12-22-18(23)13-15-5-3-4-6-17(15)21-22/h7-10,13,20H,2-6,11-12H2,1H3. The van der Waals surface area contributed by atoms with Gasteiger partial charge in [0.05, 0.1) is 29.3 Å². The number of carbonyl (C=O) groups excluding carboxylic acids is 1. The van der Waals surface area contributed by atoms with E-state index in [1.54, 1.807) is 13.0 Å². The molecule has 0 bridgehead atoms. The first kappa shape index (κ1) is 20.2. The fourth-order valence-electron chi connectivity index (χ4n) is 3.12. The summed E-state index contributed by atoms with van der Waals surface area (Å²) in [5, 5.41) is 4.37. The van der Waals surface area contributed by atoms with E-state index >= 15 is 0 Å². The van der Waals surface area contributed by atoms with Crippen LogP contribution in [0.3, 0.4) is 0 Å². The molecule has 0 unspecified atom stereocenters. The zero-order valence-corrected chi connectivity index (χ0v) is 16.5. The smallest absolute Gasteiger partial charge is 0.338 e. The Hall–Kier alpha value is -2.52. The number of ether oxygens (including phenoxy) is 1. The van der Waals surface area contributed by atoms with Gasteiger partial charge in [0.15, 0.2) is 0 Å². The van der Waals surface area contributed by atoms with E-state index in [0.717, 1.165) is 36.9 Å². The van der Waals surface area contributed by atoms with Crippen molar-refractivity contribution in [2.45, 2.75) is 44.0 Å². The van der Waals surface area contributed by atoms with Crippen LogP contribution in [0.15, 0.2) is 40.0 Å². The van der Waals surface area contributed by atoms with Crippen LogP contribution >= 0.6 is 0 Å². The van der Waals surface area contributed by atoms with Crippen molar-refractivity contribution < 1.29 is 17.9 Å². The average molecular weight is 405 g/mol. The number of hydrogen-bond acceptors (Lipinski definition) is 6. The Morgan fingerprint density at radius 3 is 2.64 bits per heavy atom. The number of aryl methyl sites for hydroxylation is 2. The Kier molecular flexibility index (Phi) is 6.25. The maximum atomic E-state index is 12.4. The molecule has 150 valence electrons. The minimum atomic E-state index is -3.76. The third-order valence-corrected chi connectivity index (χ3v) is 6.04. The van der Waals surface area contributed by atoms with E-state index in [0.29, 0.717) is 0 Å². The van der Waals surface area contributed by atoms with Gasteiger partial charge >= 0.3 is 5.97 Å². The van der Waals surface area contributed by atoms with Crippen LogP contribution in [0.5, 0.6) is 0 Å². The third kappa shape index (κ3) is 4.66. The molecule has 0 radical (unpaired) electrons. The van der Waals surface area contributed by atoms with Gasteiger partial charge in [0.1, 0.15) is 0 Å². The molecule has 3 rings (SSSR count). The Morgan fingerprint density at radius 2 is 1.93 bits per heavy atom. The Balaban J connectivity index is 1.64. The summed E-state index contributed by atoms with van der Waals surface area (Å²) < 4.78 is 33.5. The molecule has 0 aliphatic heterocycles. The molecule has 0 saturated heterocycles. The predicted molar refractivity (Wildman–Crippen MR) is 103 cm³/mol. The summed E-state index contributed by atoms with van der Waals surface area (Å²) in [4.78, 5) is 23.8. The number of fused-ring (bicyclic) bond motifs is 1. The summed E-state index contributed by atoms with van der Waals surface area (Å²) in [6.45, 7) is 2.12. The van der Waals surface area contributed by atoms with Crippen LogP contribution in [0.1, 0.15) is 41.4 Å². The van der Waals surface area contributed by atoms with Crippen LogP contribution < -0.4 is 10.3 Å². The van der Waals surface area contributed by atoms with Crippen molar-refractivity contribution >= 4 is 16.0 Å². The first-order valence-electron chi connectivity index (χ1n) is 9.27. The van der Waals surface area contributed by atoms with Crippen molar-refractivity contribution in [2.75, 3.05) is 13.2 Å². The molecule has 1 aliphatic carbocycles. The highest BCUT2D eigenvalue weighted by Gasteiger charge is 2.16. The Labute approximate surface area is 163 Å². The Bertz CT molecular complexity index is 1010. The number of aromatic nitrogens is 2.